The van der Waals surface area contributed by atoms with Crippen LogP contribution in [-0.2, 0) is 21.2 Å². The Bertz CT molecular complexity index is 520. The van der Waals surface area contributed by atoms with Gasteiger partial charge in [0.05, 0.1) is 5.75 Å². The topological polar surface area (TPSA) is 96.4 Å². The molecule has 0 radical (unpaired) electrons. The quantitative estimate of drug-likeness (QED) is 0.697. The fourth-order valence-corrected chi connectivity index (χ4v) is 3.29. The molecule has 1 heterocycles. The van der Waals surface area contributed by atoms with Gasteiger partial charge in [-0.25, -0.2) is 13.1 Å². The summed E-state index contributed by atoms with van der Waals surface area (Å²) in [7, 11) is -3.61. The van der Waals surface area contributed by atoms with Gasteiger partial charge in [-0.2, -0.15) is 11.8 Å². The number of hydrogen-bond donors (Lipinski definition) is 2. The monoisotopic (exact) mass is 318 g/mol. The maximum Gasteiger partial charge on any atom is 0.321 e. The van der Waals surface area contributed by atoms with Crippen LogP contribution < -0.4 is 4.72 Å². The number of carboxylic acids is 1. The van der Waals surface area contributed by atoms with E-state index in [2.05, 4.69) is 9.71 Å². The van der Waals surface area contributed by atoms with Crippen molar-refractivity contribution < 1.29 is 18.3 Å². The molecule has 1 aromatic rings. The Balaban J connectivity index is 2.56. The van der Waals surface area contributed by atoms with Crippen LogP contribution in [0, 0.1) is 0 Å². The lowest BCUT2D eigenvalue weighted by atomic mass is 10.2. The van der Waals surface area contributed by atoms with Gasteiger partial charge in [0.15, 0.2) is 0 Å². The molecule has 2 N–H and O–H groups in total. The highest BCUT2D eigenvalue weighted by Crippen LogP contribution is 2.05. The van der Waals surface area contributed by atoms with Gasteiger partial charge in [-0.15, -0.1) is 0 Å². The van der Waals surface area contributed by atoms with Gasteiger partial charge < -0.3 is 5.11 Å². The molecule has 6 nitrogen and oxygen atoms in total. The maximum atomic E-state index is 11.9. The molecule has 0 saturated heterocycles. The van der Waals surface area contributed by atoms with Crippen molar-refractivity contribution in [1.82, 2.24) is 9.71 Å². The third kappa shape index (κ3) is 6.36. The molecular formula is C12H18N2O4S2. The van der Waals surface area contributed by atoms with E-state index < -0.39 is 22.0 Å². The van der Waals surface area contributed by atoms with Crippen LogP contribution in [0.4, 0.5) is 0 Å². The highest BCUT2D eigenvalue weighted by atomic mass is 32.2. The van der Waals surface area contributed by atoms with Gasteiger partial charge in [0.2, 0.25) is 10.0 Å². The number of hydrogen-bond acceptors (Lipinski definition) is 5. The van der Waals surface area contributed by atoms with E-state index in [4.69, 9.17) is 5.11 Å². The van der Waals surface area contributed by atoms with Crippen LogP contribution in [-0.4, -0.2) is 48.3 Å². The average Bonchev–Trinajstić information content (AvgIpc) is 2.42. The molecule has 8 heteroatoms. The van der Waals surface area contributed by atoms with Gasteiger partial charge in [-0.1, -0.05) is 0 Å². The lowest BCUT2D eigenvalue weighted by Gasteiger charge is -2.14. The number of nitrogens with one attached hydrogen (secondary N) is 1. The first-order chi connectivity index (χ1) is 9.44. The number of aromatic nitrogens is 1. The normalized spacial score (nSPS) is 13.1. The fourth-order valence-electron chi connectivity index (χ4n) is 1.55. The van der Waals surface area contributed by atoms with E-state index in [9.17, 15) is 13.2 Å². The molecule has 1 rings (SSSR count). The molecule has 1 atom stereocenters. The average molecular weight is 318 g/mol. The lowest BCUT2D eigenvalue weighted by Crippen LogP contribution is -2.42. The van der Waals surface area contributed by atoms with Crippen LogP contribution in [0.15, 0.2) is 24.5 Å². The number of carboxylic acid groups (broad SMARTS) is 1. The van der Waals surface area contributed by atoms with Crippen LogP contribution >= 0.6 is 11.8 Å². The highest BCUT2D eigenvalue weighted by molar-refractivity contribution is 7.98. The Morgan fingerprint density at radius 1 is 1.45 bits per heavy atom. The summed E-state index contributed by atoms with van der Waals surface area (Å²) >= 11 is 1.48. The van der Waals surface area contributed by atoms with Crippen LogP contribution in [0.5, 0.6) is 0 Å². The Morgan fingerprint density at radius 2 is 2.10 bits per heavy atom. The second kappa shape index (κ2) is 8.23. The fraction of sp³-hybridized carbons (Fsp3) is 0.500. The van der Waals surface area contributed by atoms with Gasteiger partial charge in [0.1, 0.15) is 6.04 Å². The molecule has 0 bridgehead atoms. The lowest BCUT2D eigenvalue weighted by molar-refractivity contribution is -0.139. The van der Waals surface area contributed by atoms with Gasteiger partial charge in [0.25, 0.3) is 0 Å². The number of carbonyl (C=O) groups is 1. The van der Waals surface area contributed by atoms with Crippen molar-refractivity contribution in [2.75, 3.05) is 17.8 Å². The van der Waals surface area contributed by atoms with Crippen molar-refractivity contribution in [3.05, 3.63) is 30.1 Å². The van der Waals surface area contributed by atoms with Gasteiger partial charge in [0, 0.05) is 12.4 Å². The number of aryl methyl sites for hydroxylation is 1. The minimum Gasteiger partial charge on any atom is -0.480 e. The second-order valence-corrected chi connectivity index (χ2v) is 7.07. The SMILES string of the molecule is CSCC[C@@H](NS(=O)(=O)CCc1ccncc1)C(=O)O. The summed E-state index contributed by atoms with van der Waals surface area (Å²) in [6.07, 6.45) is 5.62. The first-order valence-electron chi connectivity index (χ1n) is 6.05. The largest absolute Gasteiger partial charge is 0.480 e. The van der Waals surface area contributed by atoms with Crippen molar-refractivity contribution in [2.45, 2.75) is 18.9 Å². The molecule has 0 aromatic carbocycles. The predicted molar refractivity (Wildman–Crippen MR) is 79.3 cm³/mol. The summed E-state index contributed by atoms with van der Waals surface area (Å²) in [5.41, 5.74) is 0.848. The molecule has 0 saturated carbocycles. The molecule has 0 amide bonds. The van der Waals surface area contributed by atoms with Crippen molar-refractivity contribution in [1.29, 1.82) is 0 Å². The first kappa shape index (κ1) is 16.9. The van der Waals surface area contributed by atoms with Crippen LogP contribution in [0.2, 0.25) is 0 Å². The van der Waals surface area contributed by atoms with E-state index in [1.54, 1.807) is 24.5 Å². The van der Waals surface area contributed by atoms with E-state index >= 15 is 0 Å². The van der Waals surface area contributed by atoms with Gasteiger partial charge in [-0.3, -0.25) is 9.78 Å². The zero-order valence-corrected chi connectivity index (χ0v) is 12.8. The highest BCUT2D eigenvalue weighted by Gasteiger charge is 2.23. The molecule has 0 aliphatic heterocycles. The summed E-state index contributed by atoms with van der Waals surface area (Å²) in [4.78, 5) is 14.9. The number of aliphatic carboxylic acids is 1. The summed E-state index contributed by atoms with van der Waals surface area (Å²) in [5, 5.41) is 9.00. The molecule has 0 spiro atoms. The van der Waals surface area contributed by atoms with E-state index in [1.807, 2.05) is 6.26 Å². The standard InChI is InChI=1S/C12H18N2O4S2/c1-19-8-4-11(12(15)16)14-20(17,18)9-5-10-2-6-13-7-3-10/h2-3,6-7,11,14H,4-5,8-9H2,1H3,(H,15,16)/t11-/m1/s1. The Morgan fingerprint density at radius 3 is 2.65 bits per heavy atom. The molecule has 20 heavy (non-hydrogen) atoms. The van der Waals surface area contributed by atoms with Crippen molar-refractivity contribution in [2.24, 2.45) is 0 Å². The molecule has 0 fully saturated rings. The number of nitrogens with zero attached hydrogens (tertiary/aromatic N) is 1. The first-order valence-corrected chi connectivity index (χ1v) is 9.10. The Hall–Kier alpha value is -1.12. The third-order valence-corrected chi connectivity index (χ3v) is 4.67. The molecule has 112 valence electrons. The van der Waals surface area contributed by atoms with E-state index in [1.165, 1.54) is 11.8 Å². The molecule has 0 aliphatic carbocycles. The van der Waals surface area contributed by atoms with Gasteiger partial charge >= 0.3 is 5.97 Å². The van der Waals surface area contributed by atoms with Crippen molar-refractivity contribution in [3.63, 3.8) is 0 Å². The van der Waals surface area contributed by atoms with Gasteiger partial charge in [-0.05, 0) is 42.5 Å². The van der Waals surface area contributed by atoms with Crippen LogP contribution in [0.1, 0.15) is 12.0 Å². The zero-order chi connectivity index (χ0) is 15.0. The summed E-state index contributed by atoms with van der Waals surface area (Å²) in [6.45, 7) is 0. The summed E-state index contributed by atoms with van der Waals surface area (Å²) in [6, 6.07) is 2.40. The Kier molecular flexibility index (Phi) is 6.97. The summed E-state index contributed by atoms with van der Waals surface area (Å²) < 4.78 is 26.0. The molecule has 0 aliphatic rings. The molecular weight excluding hydrogens is 300 g/mol. The molecule has 1 aromatic heterocycles. The second-order valence-electron chi connectivity index (χ2n) is 4.21. The predicted octanol–water partition coefficient (Wildman–Crippen LogP) is 0.750. The number of sulfonamides is 1. The van der Waals surface area contributed by atoms with Crippen LogP contribution in [0.25, 0.3) is 0 Å². The van der Waals surface area contributed by atoms with E-state index in [-0.39, 0.29) is 12.2 Å². The van der Waals surface area contributed by atoms with Crippen LogP contribution in [0.3, 0.4) is 0 Å². The van der Waals surface area contributed by atoms with E-state index in [0.717, 1.165) is 5.56 Å². The summed E-state index contributed by atoms with van der Waals surface area (Å²) in [5.74, 6) is -0.698. The third-order valence-electron chi connectivity index (χ3n) is 2.64. The van der Waals surface area contributed by atoms with Crippen molar-refractivity contribution >= 4 is 27.8 Å². The maximum absolute atomic E-state index is 11.9. The number of rotatable bonds is 9. The minimum absolute atomic E-state index is 0.139. The van der Waals surface area contributed by atoms with E-state index in [0.29, 0.717) is 12.2 Å². The Labute approximate surface area is 123 Å². The minimum atomic E-state index is -3.61. The van der Waals surface area contributed by atoms with Crippen molar-refractivity contribution in [3.8, 4) is 0 Å². The number of thioether (sulfide) groups is 1. The molecule has 0 unspecified atom stereocenters. The zero-order valence-electron chi connectivity index (χ0n) is 11.2. The number of pyridine rings is 1. The smallest absolute Gasteiger partial charge is 0.321 e.